The quantitative estimate of drug-likeness (QED) is 0.630. The Balaban J connectivity index is 2.00. The van der Waals surface area contributed by atoms with Crippen molar-refractivity contribution in [1.82, 2.24) is 0 Å². The van der Waals surface area contributed by atoms with Crippen molar-refractivity contribution in [1.29, 1.82) is 0 Å². The zero-order valence-corrected chi connectivity index (χ0v) is 11.0. The van der Waals surface area contributed by atoms with Gasteiger partial charge in [-0.05, 0) is 59.7 Å². The van der Waals surface area contributed by atoms with Gasteiger partial charge in [0.2, 0.25) is 0 Å². The first-order valence-electron chi connectivity index (χ1n) is 6.91. The van der Waals surface area contributed by atoms with Crippen molar-refractivity contribution in [3.63, 3.8) is 0 Å². The molecule has 86 valence electrons. The van der Waals surface area contributed by atoms with E-state index in [9.17, 15) is 0 Å². The van der Waals surface area contributed by atoms with E-state index in [1.165, 1.54) is 6.42 Å². The van der Waals surface area contributed by atoms with Gasteiger partial charge in [-0.25, -0.2) is 0 Å². The zero-order chi connectivity index (χ0) is 11.0. The lowest BCUT2D eigenvalue weighted by molar-refractivity contribution is 0.0377. The minimum absolute atomic E-state index is 0.675. The summed E-state index contributed by atoms with van der Waals surface area (Å²) in [7, 11) is 0. The minimum atomic E-state index is 0.675. The highest BCUT2D eigenvalue weighted by molar-refractivity contribution is 5.22. The Morgan fingerprint density at radius 1 is 1.20 bits per heavy atom. The van der Waals surface area contributed by atoms with Crippen LogP contribution in [-0.2, 0) is 0 Å². The Labute approximate surface area is 94.8 Å². The molecule has 6 atom stereocenters. The summed E-state index contributed by atoms with van der Waals surface area (Å²) in [5.74, 6) is 5.12. The molecule has 4 rings (SSSR count). The van der Waals surface area contributed by atoms with E-state index >= 15 is 0 Å². The molecule has 0 amide bonds. The molecule has 4 aliphatic carbocycles. The Hall–Kier alpha value is 0. The molecule has 0 aromatic rings. The van der Waals surface area contributed by atoms with E-state index in [1.807, 2.05) is 0 Å². The summed E-state index contributed by atoms with van der Waals surface area (Å²) >= 11 is 0. The molecule has 0 spiro atoms. The summed E-state index contributed by atoms with van der Waals surface area (Å²) in [5, 5.41) is 0. The predicted molar refractivity (Wildman–Crippen MR) is 64.5 cm³/mol. The predicted octanol–water partition coefficient (Wildman–Crippen LogP) is 4.35. The Morgan fingerprint density at radius 2 is 1.87 bits per heavy atom. The molecular weight excluding hydrogens is 180 g/mol. The van der Waals surface area contributed by atoms with Crippen LogP contribution in [0.4, 0.5) is 0 Å². The highest BCUT2D eigenvalue weighted by Crippen LogP contribution is 2.81. The van der Waals surface area contributed by atoms with E-state index in [0.717, 1.165) is 29.6 Å². The third kappa shape index (κ3) is 0.875. The van der Waals surface area contributed by atoms with Gasteiger partial charge in [-0.3, -0.25) is 0 Å². The maximum Gasteiger partial charge on any atom is -0.0212 e. The standard InChI is InChI=1S/C15H26/c1-9(2)8-14(4)13-7-11-6-12(13)10(3)15(11,14)5/h9-13H,6-8H2,1-5H3. The van der Waals surface area contributed by atoms with Crippen molar-refractivity contribution in [2.24, 2.45) is 40.4 Å². The monoisotopic (exact) mass is 206 g/mol. The molecule has 4 aliphatic rings. The van der Waals surface area contributed by atoms with E-state index < -0.39 is 0 Å². The lowest BCUT2D eigenvalue weighted by Gasteiger charge is -2.44. The van der Waals surface area contributed by atoms with Crippen LogP contribution in [0.5, 0.6) is 0 Å². The highest BCUT2D eigenvalue weighted by Gasteiger charge is 2.74. The van der Waals surface area contributed by atoms with Crippen LogP contribution in [0.2, 0.25) is 0 Å². The second-order valence-electron chi connectivity index (χ2n) is 7.53. The van der Waals surface area contributed by atoms with Crippen LogP contribution < -0.4 is 0 Å². The van der Waals surface area contributed by atoms with Crippen LogP contribution in [0.25, 0.3) is 0 Å². The van der Waals surface area contributed by atoms with Gasteiger partial charge in [0.15, 0.2) is 0 Å². The van der Waals surface area contributed by atoms with Gasteiger partial charge in [0.1, 0.15) is 0 Å². The normalized spacial score (nSPS) is 61.2. The summed E-state index contributed by atoms with van der Waals surface area (Å²) in [5.41, 5.74) is 1.36. The number of hydrogen-bond donors (Lipinski definition) is 0. The second-order valence-corrected chi connectivity index (χ2v) is 7.53. The molecule has 0 aromatic carbocycles. The molecule has 0 aromatic heterocycles. The summed E-state index contributed by atoms with van der Waals surface area (Å²) < 4.78 is 0. The molecule has 15 heavy (non-hydrogen) atoms. The SMILES string of the molecule is CC(C)CC1(C)C2CC3CC2C(C)C31C. The molecule has 4 saturated carbocycles. The van der Waals surface area contributed by atoms with Gasteiger partial charge in [0.05, 0.1) is 0 Å². The fourth-order valence-corrected chi connectivity index (χ4v) is 6.27. The molecular formula is C15H26. The number of rotatable bonds is 2. The Kier molecular flexibility index (Phi) is 1.78. The average Bonchev–Trinajstić information content (AvgIpc) is 2.73. The van der Waals surface area contributed by atoms with Crippen molar-refractivity contribution in [2.45, 2.75) is 53.9 Å². The summed E-state index contributed by atoms with van der Waals surface area (Å²) in [6.07, 6.45) is 4.59. The summed E-state index contributed by atoms with van der Waals surface area (Å²) in [6, 6.07) is 0. The molecule has 0 saturated heterocycles. The van der Waals surface area contributed by atoms with Crippen molar-refractivity contribution >= 4 is 0 Å². The van der Waals surface area contributed by atoms with Crippen LogP contribution in [0.1, 0.15) is 53.9 Å². The molecule has 0 radical (unpaired) electrons. The minimum Gasteiger partial charge on any atom is -0.0628 e. The fourth-order valence-electron chi connectivity index (χ4n) is 6.27. The van der Waals surface area contributed by atoms with E-state index in [-0.39, 0.29) is 0 Å². The van der Waals surface area contributed by atoms with E-state index in [0.29, 0.717) is 10.8 Å². The fraction of sp³-hybridized carbons (Fsp3) is 1.00. The molecule has 0 aliphatic heterocycles. The van der Waals surface area contributed by atoms with Gasteiger partial charge in [0, 0.05) is 0 Å². The smallest absolute Gasteiger partial charge is 0.0212 e. The Bertz CT molecular complexity index is 288. The first-order chi connectivity index (χ1) is 6.91. The van der Waals surface area contributed by atoms with Crippen LogP contribution in [0, 0.1) is 40.4 Å². The van der Waals surface area contributed by atoms with Gasteiger partial charge in [-0.15, -0.1) is 0 Å². The molecule has 0 N–H and O–H groups in total. The van der Waals surface area contributed by atoms with E-state index in [2.05, 4.69) is 34.6 Å². The third-order valence-electron chi connectivity index (χ3n) is 6.93. The van der Waals surface area contributed by atoms with Gasteiger partial charge >= 0.3 is 0 Å². The third-order valence-corrected chi connectivity index (χ3v) is 6.93. The molecule has 0 heterocycles. The topological polar surface area (TPSA) is 0 Å². The lowest BCUT2D eigenvalue weighted by atomic mass is 9.60. The van der Waals surface area contributed by atoms with Gasteiger partial charge in [0.25, 0.3) is 0 Å². The van der Waals surface area contributed by atoms with Crippen LogP contribution >= 0.6 is 0 Å². The maximum absolute atomic E-state index is 2.62. The molecule has 0 heteroatoms. The molecule has 6 unspecified atom stereocenters. The Morgan fingerprint density at radius 3 is 2.27 bits per heavy atom. The molecule has 4 fully saturated rings. The lowest BCUT2D eigenvalue weighted by Crippen LogP contribution is -2.38. The first-order valence-corrected chi connectivity index (χ1v) is 6.91. The van der Waals surface area contributed by atoms with Crippen LogP contribution in [0.3, 0.4) is 0 Å². The van der Waals surface area contributed by atoms with E-state index in [1.54, 1.807) is 12.8 Å². The second kappa shape index (κ2) is 2.63. The molecule has 4 bridgehead atoms. The zero-order valence-electron chi connectivity index (χ0n) is 11.0. The van der Waals surface area contributed by atoms with Crippen molar-refractivity contribution in [2.75, 3.05) is 0 Å². The highest BCUT2D eigenvalue weighted by atomic mass is 14.8. The molecule has 0 nitrogen and oxygen atoms in total. The van der Waals surface area contributed by atoms with Gasteiger partial charge < -0.3 is 0 Å². The average molecular weight is 206 g/mol. The largest absolute Gasteiger partial charge is 0.0628 e. The number of hydrogen-bond acceptors (Lipinski definition) is 0. The van der Waals surface area contributed by atoms with Gasteiger partial charge in [-0.2, -0.15) is 0 Å². The first kappa shape index (κ1) is 10.2. The van der Waals surface area contributed by atoms with E-state index in [4.69, 9.17) is 0 Å². The van der Waals surface area contributed by atoms with Crippen molar-refractivity contribution in [3.05, 3.63) is 0 Å². The summed E-state index contributed by atoms with van der Waals surface area (Å²) in [4.78, 5) is 0. The van der Waals surface area contributed by atoms with Crippen molar-refractivity contribution < 1.29 is 0 Å². The van der Waals surface area contributed by atoms with Gasteiger partial charge in [-0.1, -0.05) is 34.6 Å². The van der Waals surface area contributed by atoms with Crippen LogP contribution in [0.15, 0.2) is 0 Å². The van der Waals surface area contributed by atoms with Crippen LogP contribution in [-0.4, -0.2) is 0 Å². The van der Waals surface area contributed by atoms with Crippen molar-refractivity contribution in [3.8, 4) is 0 Å². The summed E-state index contributed by atoms with van der Waals surface area (Å²) in [6.45, 7) is 12.6. The maximum atomic E-state index is 2.62.